The first-order valence-electron chi connectivity index (χ1n) is 7.18. The van der Waals surface area contributed by atoms with E-state index in [1.165, 1.54) is 25.4 Å². The summed E-state index contributed by atoms with van der Waals surface area (Å²) in [6.07, 6.45) is -0.0473. The summed E-state index contributed by atoms with van der Waals surface area (Å²) in [5.41, 5.74) is -0.254. The zero-order chi connectivity index (χ0) is 18.6. The number of carbonyl (C=O) groups excluding carboxylic acids is 1. The minimum absolute atomic E-state index is 0.0473. The number of carboxylic acids is 1. The Hall–Kier alpha value is -1.67. The van der Waals surface area contributed by atoms with Gasteiger partial charge in [-0.3, -0.25) is 4.79 Å². The van der Waals surface area contributed by atoms with Crippen LogP contribution in [0.4, 0.5) is 0 Å². The van der Waals surface area contributed by atoms with E-state index in [1.807, 2.05) is 0 Å². The molecule has 0 aliphatic rings. The van der Waals surface area contributed by atoms with E-state index in [1.54, 1.807) is 23.6 Å². The summed E-state index contributed by atoms with van der Waals surface area (Å²) in [6.45, 7) is 1.24. The Morgan fingerprint density at radius 3 is 2.72 bits per heavy atom. The van der Waals surface area contributed by atoms with Gasteiger partial charge in [0.25, 0.3) is 0 Å². The molecule has 1 heterocycles. The first-order valence-corrected chi connectivity index (χ1v) is 8.82. The molecule has 2 N–H and O–H groups in total. The van der Waals surface area contributed by atoms with Gasteiger partial charge in [0.2, 0.25) is 5.91 Å². The third-order valence-electron chi connectivity index (χ3n) is 3.38. The van der Waals surface area contributed by atoms with Crippen molar-refractivity contribution in [3.63, 3.8) is 0 Å². The second kappa shape index (κ2) is 8.14. The van der Waals surface area contributed by atoms with Gasteiger partial charge in [-0.15, -0.1) is 11.3 Å². The van der Waals surface area contributed by atoms with Gasteiger partial charge in [0.1, 0.15) is 5.01 Å². The summed E-state index contributed by atoms with van der Waals surface area (Å²) in [5.74, 6) is -1.63. The highest BCUT2D eigenvalue weighted by Crippen LogP contribution is 2.32. The standard InChI is InChI=1S/C16H16Cl2N2O4S/c1-16(8-24-2,15(22)23)20-13(21)6-10-7-25-14(19-10)11-4-3-9(17)5-12(11)18/h3-5,7H,6,8H2,1-2H3,(H,20,21)(H,22,23). The molecule has 2 rings (SSSR count). The molecule has 1 aromatic carbocycles. The zero-order valence-corrected chi connectivity index (χ0v) is 15.8. The van der Waals surface area contributed by atoms with Crippen LogP contribution in [0.15, 0.2) is 23.6 Å². The van der Waals surface area contributed by atoms with E-state index < -0.39 is 17.4 Å². The lowest BCUT2D eigenvalue weighted by Gasteiger charge is -2.25. The number of ether oxygens (including phenoxy) is 1. The molecule has 1 aromatic heterocycles. The monoisotopic (exact) mass is 402 g/mol. The van der Waals surface area contributed by atoms with Crippen molar-refractivity contribution in [1.29, 1.82) is 0 Å². The minimum Gasteiger partial charge on any atom is -0.479 e. The van der Waals surface area contributed by atoms with Crippen LogP contribution in [-0.4, -0.2) is 41.2 Å². The van der Waals surface area contributed by atoms with Crippen molar-refractivity contribution in [2.75, 3.05) is 13.7 Å². The fourth-order valence-electron chi connectivity index (χ4n) is 2.13. The topological polar surface area (TPSA) is 88.5 Å². The van der Waals surface area contributed by atoms with Gasteiger partial charge in [0.05, 0.1) is 23.7 Å². The number of carboxylic acid groups (broad SMARTS) is 1. The third kappa shape index (κ3) is 4.92. The number of rotatable bonds is 7. The predicted octanol–water partition coefficient (Wildman–Crippen LogP) is 3.27. The van der Waals surface area contributed by atoms with Crippen LogP contribution in [0.3, 0.4) is 0 Å². The molecule has 1 atom stereocenters. The number of carbonyl (C=O) groups is 2. The molecule has 1 amide bonds. The van der Waals surface area contributed by atoms with Crippen molar-refractivity contribution < 1.29 is 19.4 Å². The van der Waals surface area contributed by atoms with Crippen molar-refractivity contribution in [2.45, 2.75) is 18.9 Å². The highest BCUT2D eigenvalue weighted by molar-refractivity contribution is 7.13. The quantitative estimate of drug-likeness (QED) is 0.741. The average molecular weight is 403 g/mol. The number of amides is 1. The second-order valence-corrected chi connectivity index (χ2v) is 7.27. The highest BCUT2D eigenvalue weighted by atomic mass is 35.5. The largest absolute Gasteiger partial charge is 0.479 e. The number of benzene rings is 1. The number of nitrogens with one attached hydrogen (secondary N) is 1. The lowest BCUT2D eigenvalue weighted by Crippen LogP contribution is -2.55. The van der Waals surface area contributed by atoms with Crippen LogP contribution in [0.2, 0.25) is 10.0 Å². The van der Waals surface area contributed by atoms with Gasteiger partial charge in [0.15, 0.2) is 5.54 Å². The molecule has 6 nitrogen and oxygen atoms in total. The van der Waals surface area contributed by atoms with Gasteiger partial charge in [-0.25, -0.2) is 9.78 Å². The van der Waals surface area contributed by atoms with Gasteiger partial charge in [-0.05, 0) is 25.1 Å². The molecule has 0 saturated carbocycles. The molecule has 0 spiro atoms. The number of thiazole rings is 1. The zero-order valence-electron chi connectivity index (χ0n) is 13.5. The Bertz CT molecular complexity index is 796. The number of halogens is 2. The molecule has 1 unspecified atom stereocenters. The highest BCUT2D eigenvalue weighted by Gasteiger charge is 2.35. The number of hydrogen-bond acceptors (Lipinski definition) is 5. The van der Waals surface area contributed by atoms with Crippen molar-refractivity contribution in [3.05, 3.63) is 39.3 Å². The maximum Gasteiger partial charge on any atom is 0.331 e. The van der Waals surface area contributed by atoms with Crippen molar-refractivity contribution in [2.24, 2.45) is 0 Å². The number of methoxy groups -OCH3 is 1. The van der Waals surface area contributed by atoms with E-state index in [2.05, 4.69) is 10.3 Å². The van der Waals surface area contributed by atoms with Gasteiger partial charge < -0.3 is 15.2 Å². The van der Waals surface area contributed by atoms with Gasteiger partial charge in [-0.1, -0.05) is 23.2 Å². The van der Waals surface area contributed by atoms with Crippen molar-refractivity contribution in [3.8, 4) is 10.6 Å². The Morgan fingerprint density at radius 2 is 2.12 bits per heavy atom. The molecule has 0 aliphatic carbocycles. The molecule has 25 heavy (non-hydrogen) atoms. The summed E-state index contributed by atoms with van der Waals surface area (Å²) < 4.78 is 4.87. The molecule has 0 saturated heterocycles. The summed E-state index contributed by atoms with van der Waals surface area (Å²) >= 11 is 13.4. The van der Waals surface area contributed by atoms with Crippen LogP contribution < -0.4 is 5.32 Å². The molecule has 9 heteroatoms. The summed E-state index contributed by atoms with van der Waals surface area (Å²) in [7, 11) is 1.37. The normalized spacial score (nSPS) is 13.3. The molecule has 0 aliphatic heterocycles. The number of aliphatic carboxylic acids is 1. The third-order valence-corrected chi connectivity index (χ3v) is 4.85. The van der Waals surface area contributed by atoms with Crippen LogP contribution >= 0.6 is 34.5 Å². The van der Waals surface area contributed by atoms with E-state index in [4.69, 9.17) is 27.9 Å². The number of aromatic nitrogens is 1. The smallest absolute Gasteiger partial charge is 0.331 e. The lowest BCUT2D eigenvalue weighted by molar-refractivity contribution is -0.149. The maximum absolute atomic E-state index is 12.2. The first kappa shape index (κ1) is 19.7. The number of nitrogens with zero attached hydrogens (tertiary/aromatic N) is 1. The summed E-state index contributed by atoms with van der Waals surface area (Å²) in [4.78, 5) is 27.9. The Morgan fingerprint density at radius 1 is 1.40 bits per heavy atom. The fourth-order valence-corrected chi connectivity index (χ4v) is 3.54. The molecule has 0 radical (unpaired) electrons. The number of hydrogen-bond donors (Lipinski definition) is 2. The maximum atomic E-state index is 12.2. The van der Waals surface area contributed by atoms with E-state index in [0.717, 1.165) is 5.56 Å². The second-order valence-electron chi connectivity index (χ2n) is 5.56. The van der Waals surface area contributed by atoms with Crippen LogP contribution in [0.25, 0.3) is 10.6 Å². The van der Waals surface area contributed by atoms with Gasteiger partial charge in [0, 0.05) is 23.1 Å². The van der Waals surface area contributed by atoms with Crippen LogP contribution in [0.1, 0.15) is 12.6 Å². The molecule has 0 bridgehead atoms. The van der Waals surface area contributed by atoms with Crippen molar-refractivity contribution >= 4 is 46.4 Å². The molecular weight excluding hydrogens is 387 g/mol. The Kier molecular flexibility index (Phi) is 6.40. The SMILES string of the molecule is COCC(C)(NC(=O)Cc1csc(-c2ccc(Cl)cc2Cl)n1)C(=O)O. The van der Waals surface area contributed by atoms with E-state index in [9.17, 15) is 14.7 Å². The lowest BCUT2D eigenvalue weighted by atomic mass is 10.0. The van der Waals surface area contributed by atoms with Gasteiger partial charge in [-0.2, -0.15) is 0 Å². The predicted molar refractivity (Wildman–Crippen MR) is 97.3 cm³/mol. The average Bonchev–Trinajstić information content (AvgIpc) is 2.95. The van der Waals surface area contributed by atoms with Crippen LogP contribution in [-0.2, 0) is 20.7 Å². The Labute approximate surface area is 158 Å². The van der Waals surface area contributed by atoms with E-state index >= 15 is 0 Å². The summed E-state index contributed by atoms with van der Waals surface area (Å²) in [6, 6.07) is 5.09. The fraction of sp³-hybridized carbons (Fsp3) is 0.312. The van der Waals surface area contributed by atoms with Crippen LogP contribution in [0.5, 0.6) is 0 Å². The minimum atomic E-state index is -1.50. The molecule has 2 aromatic rings. The molecular formula is C16H16Cl2N2O4S. The molecule has 0 fully saturated rings. The van der Waals surface area contributed by atoms with E-state index in [-0.39, 0.29) is 13.0 Å². The first-order chi connectivity index (χ1) is 11.7. The van der Waals surface area contributed by atoms with Crippen LogP contribution in [0, 0.1) is 0 Å². The van der Waals surface area contributed by atoms with Crippen molar-refractivity contribution in [1.82, 2.24) is 10.3 Å². The summed E-state index contributed by atoms with van der Waals surface area (Å²) in [5, 5.41) is 15.1. The molecule has 134 valence electrons. The van der Waals surface area contributed by atoms with Gasteiger partial charge >= 0.3 is 5.97 Å². The Balaban J connectivity index is 2.10. The van der Waals surface area contributed by atoms with E-state index in [0.29, 0.717) is 20.7 Å².